The highest BCUT2D eigenvalue weighted by Gasteiger charge is 2.04. The van der Waals surface area contributed by atoms with Crippen molar-refractivity contribution in [1.82, 2.24) is 0 Å². The third kappa shape index (κ3) is 5.54. The van der Waals surface area contributed by atoms with Gasteiger partial charge in [-0.3, -0.25) is 0 Å². The van der Waals surface area contributed by atoms with Crippen LogP contribution in [0.3, 0.4) is 0 Å². The highest BCUT2D eigenvalue weighted by Crippen LogP contribution is 2.15. The summed E-state index contributed by atoms with van der Waals surface area (Å²) in [6.45, 7) is 8.22. The quantitative estimate of drug-likeness (QED) is 0.425. The average Bonchev–Trinajstić information content (AvgIpc) is 1.81. The molecule has 0 N–H and O–H groups in total. The second kappa shape index (κ2) is 3.55. The zero-order chi connectivity index (χ0) is 8.20. The Labute approximate surface area is 63.1 Å². The number of hydrogen-bond acceptors (Lipinski definition) is 1. The minimum absolute atomic E-state index is 0.0548. The number of allylic oxidation sites excluding steroid dienone is 2. The van der Waals surface area contributed by atoms with Crippen LogP contribution in [0.4, 0.5) is 0 Å². The Balaban J connectivity index is 3.87. The Bertz CT molecular complexity index is 128. The summed E-state index contributed by atoms with van der Waals surface area (Å²) in [6, 6.07) is 0. The van der Waals surface area contributed by atoms with Crippen LogP contribution < -0.4 is 0 Å². The van der Waals surface area contributed by atoms with Crippen LogP contribution in [-0.4, -0.2) is 6.29 Å². The Morgan fingerprint density at radius 2 is 1.80 bits per heavy atom. The molecule has 0 rings (SSSR count). The van der Waals surface area contributed by atoms with Crippen LogP contribution in [0.15, 0.2) is 12.2 Å². The lowest BCUT2D eigenvalue weighted by Crippen LogP contribution is -2.00. The minimum atomic E-state index is 0.0548. The van der Waals surface area contributed by atoms with E-state index in [1.807, 2.05) is 13.0 Å². The molecule has 0 fully saturated rings. The molecule has 0 aliphatic rings. The van der Waals surface area contributed by atoms with Crippen LogP contribution in [-0.2, 0) is 4.79 Å². The van der Waals surface area contributed by atoms with Crippen LogP contribution in [0.2, 0.25) is 0 Å². The van der Waals surface area contributed by atoms with Gasteiger partial charge in [0.1, 0.15) is 6.29 Å². The van der Waals surface area contributed by atoms with Gasteiger partial charge in [-0.05, 0) is 5.41 Å². The van der Waals surface area contributed by atoms with Crippen molar-refractivity contribution in [3.8, 4) is 0 Å². The molecular weight excluding hydrogens is 124 g/mol. The van der Waals surface area contributed by atoms with Crippen molar-refractivity contribution in [3.63, 3.8) is 0 Å². The van der Waals surface area contributed by atoms with Gasteiger partial charge in [-0.15, -0.1) is 0 Å². The number of hydrogen-bond donors (Lipinski definition) is 0. The van der Waals surface area contributed by atoms with Gasteiger partial charge in [0, 0.05) is 5.92 Å². The fourth-order valence-corrected chi connectivity index (χ4v) is 0.486. The number of rotatable bonds is 2. The van der Waals surface area contributed by atoms with Crippen molar-refractivity contribution < 1.29 is 4.79 Å². The first-order valence-corrected chi connectivity index (χ1v) is 3.60. The summed E-state index contributed by atoms with van der Waals surface area (Å²) in [5, 5.41) is 0. The molecule has 0 saturated heterocycles. The lowest BCUT2D eigenvalue weighted by Gasteiger charge is -2.11. The van der Waals surface area contributed by atoms with Crippen LogP contribution in [0.1, 0.15) is 27.7 Å². The van der Waals surface area contributed by atoms with Crippen molar-refractivity contribution in [3.05, 3.63) is 12.2 Å². The van der Waals surface area contributed by atoms with Gasteiger partial charge in [0.15, 0.2) is 0 Å². The monoisotopic (exact) mass is 140 g/mol. The second-order valence-corrected chi connectivity index (χ2v) is 3.72. The molecule has 1 unspecified atom stereocenters. The van der Waals surface area contributed by atoms with E-state index in [1.54, 1.807) is 0 Å². The van der Waals surface area contributed by atoms with Gasteiger partial charge in [-0.25, -0.2) is 0 Å². The van der Waals surface area contributed by atoms with E-state index < -0.39 is 0 Å². The minimum Gasteiger partial charge on any atom is -0.303 e. The van der Waals surface area contributed by atoms with Gasteiger partial charge >= 0.3 is 0 Å². The highest BCUT2D eigenvalue weighted by atomic mass is 16.1. The van der Waals surface area contributed by atoms with E-state index in [-0.39, 0.29) is 11.3 Å². The van der Waals surface area contributed by atoms with Gasteiger partial charge in [0.2, 0.25) is 0 Å². The Morgan fingerprint density at radius 3 is 2.10 bits per heavy atom. The summed E-state index contributed by atoms with van der Waals surface area (Å²) in [6.07, 6.45) is 4.95. The molecule has 0 aromatic heterocycles. The average molecular weight is 140 g/mol. The molecule has 0 aliphatic heterocycles. The van der Waals surface area contributed by atoms with Gasteiger partial charge in [0.05, 0.1) is 0 Å². The van der Waals surface area contributed by atoms with E-state index in [0.29, 0.717) is 0 Å². The predicted molar refractivity (Wildman–Crippen MR) is 43.8 cm³/mol. The summed E-state index contributed by atoms with van der Waals surface area (Å²) in [5.74, 6) is 0.0548. The van der Waals surface area contributed by atoms with Crippen LogP contribution in [0.5, 0.6) is 0 Å². The molecular formula is C9H16O. The fourth-order valence-electron chi connectivity index (χ4n) is 0.486. The Kier molecular flexibility index (Phi) is 3.34. The van der Waals surface area contributed by atoms with Crippen LogP contribution in [0, 0.1) is 11.3 Å². The second-order valence-electron chi connectivity index (χ2n) is 3.72. The zero-order valence-corrected chi connectivity index (χ0v) is 7.22. The Hall–Kier alpha value is -0.590. The first kappa shape index (κ1) is 9.41. The lowest BCUT2D eigenvalue weighted by atomic mass is 9.95. The summed E-state index contributed by atoms with van der Waals surface area (Å²) in [7, 11) is 0. The molecule has 0 aromatic carbocycles. The maximum absolute atomic E-state index is 10.2. The van der Waals surface area contributed by atoms with Gasteiger partial charge in [-0.1, -0.05) is 39.8 Å². The molecule has 0 amide bonds. The molecule has 0 radical (unpaired) electrons. The normalized spacial score (nSPS) is 15.6. The number of aldehydes is 1. The van der Waals surface area contributed by atoms with E-state index in [0.717, 1.165) is 6.29 Å². The van der Waals surface area contributed by atoms with Gasteiger partial charge in [-0.2, -0.15) is 0 Å². The SMILES string of the molecule is CC(C=O)C=CC(C)(C)C. The van der Waals surface area contributed by atoms with E-state index in [2.05, 4.69) is 26.8 Å². The smallest absolute Gasteiger partial charge is 0.126 e. The number of carbonyl (C=O) groups is 1. The fraction of sp³-hybridized carbons (Fsp3) is 0.667. The van der Waals surface area contributed by atoms with Crippen LogP contribution in [0.25, 0.3) is 0 Å². The molecule has 0 aliphatic carbocycles. The first-order valence-electron chi connectivity index (χ1n) is 3.60. The molecule has 58 valence electrons. The molecule has 1 atom stereocenters. The molecule has 0 bridgehead atoms. The molecule has 0 aromatic rings. The summed E-state index contributed by atoms with van der Waals surface area (Å²) < 4.78 is 0. The van der Waals surface area contributed by atoms with Gasteiger partial charge < -0.3 is 4.79 Å². The Morgan fingerprint density at radius 1 is 1.30 bits per heavy atom. The maximum atomic E-state index is 10.2. The molecule has 1 nitrogen and oxygen atoms in total. The van der Waals surface area contributed by atoms with E-state index in [1.165, 1.54) is 0 Å². The summed E-state index contributed by atoms with van der Waals surface area (Å²) >= 11 is 0. The molecule has 1 heteroatoms. The van der Waals surface area contributed by atoms with Crippen molar-refractivity contribution in [1.29, 1.82) is 0 Å². The molecule has 0 heterocycles. The number of carbonyl (C=O) groups excluding carboxylic acids is 1. The van der Waals surface area contributed by atoms with E-state index in [9.17, 15) is 4.79 Å². The summed E-state index contributed by atoms with van der Waals surface area (Å²) in [5.41, 5.74) is 0.192. The van der Waals surface area contributed by atoms with Crippen molar-refractivity contribution in [2.24, 2.45) is 11.3 Å². The lowest BCUT2D eigenvalue weighted by molar-refractivity contribution is -0.109. The largest absolute Gasteiger partial charge is 0.303 e. The predicted octanol–water partition coefficient (Wildman–Crippen LogP) is 2.42. The van der Waals surface area contributed by atoms with Crippen LogP contribution >= 0.6 is 0 Å². The van der Waals surface area contributed by atoms with Gasteiger partial charge in [0.25, 0.3) is 0 Å². The molecule has 0 spiro atoms. The van der Waals surface area contributed by atoms with Crippen molar-refractivity contribution in [2.75, 3.05) is 0 Å². The first-order chi connectivity index (χ1) is 4.45. The maximum Gasteiger partial charge on any atom is 0.126 e. The van der Waals surface area contributed by atoms with E-state index >= 15 is 0 Å². The highest BCUT2D eigenvalue weighted by molar-refractivity contribution is 5.55. The third-order valence-corrected chi connectivity index (χ3v) is 1.11. The van der Waals surface area contributed by atoms with E-state index in [4.69, 9.17) is 0 Å². The van der Waals surface area contributed by atoms with Crippen molar-refractivity contribution in [2.45, 2.75) is 27.7 Å². The third-order valence-electron chi connectivity index (χ3n) is 1.11. The summed E-state index contributed by atoms with van der Waals surface area (Å²) in [4.78, 5) is 10.2. The molecule has 10 heavy (non-hydrogen) atoms. The zero-order valence-electron chi connectivity index (χ0n) is 7.22. The topological polar surface area (TPSA) is 17.1 Å². The standard InChI is InChI=1S/C9H16O/c1-8(7-10)5-6-9(2,3)4/h5-8H,1-4H3. The van der Waals surface area contributed by atoms with Crippen molar-refractivity contribution >= 4 is 6.29 Å². The molecule has 0 saturated carbocycles.